The van der Waals surface area contributed by atoms with Gasteiger partial charge in [0.1, 0.15) is 0 Å². The van der Waals surface area contributed by atoms with Crippen LogP contribution in [-0.2, 0) is 10.1 Å². The van der Waals surface area contributed by atoms with Gasteiger partial charge < -0.3 is 4.90 Å². The van der Waals surface area contributed by atoms with Gasteiger partial charge >= 0.3 is 10.1 Å². The SMILES string of the molecule is CN(C)C(=O)c1ccnc(S(=O)(=O)O)c1. The van der Waals surface area contributed by atoms with Crippen molar-refractivity contribution in [3.8, 4) is 0 Å². The Balaban J connectivity index is 3.20. The molecule has 0 atom stereocenters. The predicted molar refractivity (Wildman–Crippen MR) is 52.1 cm³/mol. The Kier molecular flexibility index (Phi) is 3.06. The van der Waals surface area contributed by atoms with Crippen molar-refractivity contribution in [3.63, 3.8) is 0 Å². The molecule has 7 heteroatoms. The van der Waals surface area contributed by atoms with E-state index >= 15 is 0 Å². The summed E-state index contributed by atoms with van der Waals surface area (Å²) in [6, 6.07) is 2.40. The van der Waals surface area contributed by atoms with Gasteiger partial charge in [-0.05, 0) is 12.1 Å². The number of hydrogen-bond donors (Lipinski definition) is 1. The topological polar surface area (TPSA) is 87.6 Å². The maximum absolute atomic E-state index is 11.4. The number of aromatic nitrogens is 1. The normalized spacial score (nSPS) is 11.1. The summed E-state index contributed by atoms with van der Waals surface area (Å²) in [5.74, 6) is -0.359. The quantitative estimate of drug-likeness (QED) is 0.724. The van der Waals surface area contributed by atoms with Gasteiger partial charge in [0.05, 0.1) is 0 Å². The van der Waals surface area contributed by atoms with Crippen molar-refractivity contribution in [3.05, 3.63) is 23.9 Å². The molecule has 0 saturated heterocycles. The average molecular weight is 230 g/mol. The zero-order chi connectivity index (χ0) is 11.6. The third-order valence-electron chi connectivity index (χ3n) is 1.65. The van der Waals surface area contributed by atoms with E-state index in [1.54, 1.807) is 0 Å². The van der Waals surface area contributed by atoms with Gasteiger partial charge in [-0.1, -0.05) is 0 Å². The Labute approximate surface area is 87.3 Å². The molecular formula is C8H10N2O4S. The van der Waals surface area contributed by atoms with Crippen molar-refractivity contribution in [2.24, 2.45) is 0 Å². The molecule has 0 fully saturated rings. The van der Waals surface area contributed by atoms with E-state index in [4.69, 9.17) is 4.55 Å². The van der Waals surface area contributed by atoms with E-state index in [1.165, 1.54) is 25.1 Å². The van der Waals surface area contributed by atoms with Crippen molar-refractivity contribution < 1.29 is 17.8 Å². The number of rotatable bonds is 2. The van der Waals surface area contributed by atoms with E-state index in [-0.39, 0.29) is 11.5 Å². The van der Waals surface area contributed by atoms with E-state index in [9.17, 15) is 13.2 Å². The lowest BCUT2D eigenvalue weighted by atomic mass is 10.2. The van der Waals surface area contributed by atoms with Crippen LogP contribution in [0.15, 0.2) is 23.4 Å². The standard InChI is InChI=1S/C8H10N2O4S/c1-10(2)8(11)6-3-4-9-7(5-6)15(12,13)14/h3-5H,1-2H3,(H,12,13,14). The summed E-state index contributed by atoms with van der Waals surface area (Å²) in [5, 5.41) is -0.532. The van der Waals surface area contributed by atoms with Gasteiger partial charge in [0.15, 0.2) is 5.03 Å². The highest BCUT2D eigenvalue weighted by Crippen LogP contribution is 2.08. The molecule has 82 valence electrons. The number of carbonyl (C=O) groups excluding carboxylic acids is 1. The zero-order valence-corrected chi connectivity index (χ0v) is 9.02. The predicted octanol–water partition coefficient (Wildman–Crippen LogP) is 0.0301. The highest BCUT2D eigenvalue weighted by molar-refractivity contribution is 7.85. The van der Waals surface area contributed by atoms with E-state index < -0.39 is 15.1 Å². The fourth-order valence-corrected chi connectivity index (χ4v) is 1.41. The maximum Gasteiger partial charge on any atom is 0.312 e. The highest BCUT2D eigenvalue weighted by Gasteiger charge is 2.15. The molecule has 0 aliphatic rings. The Morgan fingerprint density at radius 2 is 2.07 bits per heavy atom. The van der Waals surface area contributed by atoms with Crippen LogP contribution in [0.5, 0.6) is 0 Å². The molecule has 15 heavy (non-hydrogen) atoms. The van der Waals surface area contributed by atoms with Crippen molar-refractivity contribution >= 4 is 16.0 Å². The van der Waals surface area contributed by atoms with Gasteiger partial charge in [0.25, 0.3) is 5.91 Å². The molecule has 0 aromatic carbocycles. The largest absolute Gasteiger partial charge is 0.345 e. The molecule has 0 saturated carbocycles. The van der Waals surface area contributed by atoms with Crippen molar-refractivity contribution in [1.29, 1.82) is 0 Å². The highest BCUT2D eigenvalue weighted by atomic mass is 32.2. The fourth-order valence-electron chi connectivity index (χ4n) is 0.942. The first-order valence-electron chi connectivity index (χ1n) is 3.97. The summed E-state index contributed by atoms with van der Waals surface area (Å²) in [6.45, 7) is 0. The molecule has 0 aliphatic carbocycles. The second kappa shape index (κ2) is 3.95. The van der Waals surface area contributed by atoms with Crippen molar-refractivity contribution in [1.82, 2.24) is 9.88 Å². The molecule has 1 aromatic heterocycles. The second-order valence-electron chi connectivity index (χ2n) is 3.06. The monoisotopic (exact) mass is 230 g/mol. The number of hydrogen-bond acceptors (Lipinski definition) is 4. The minimum atomic E-state index is -4.37. The van der Waals surface area contributed by atoms with Crippen LogP contribution in [0.2, 0.25) is 0 Å². The number of pyridine rings is 1. The van der Waals surface area contributed by atoms with E-state index in [0.29, 0.717) is 0 Å². The Hall–Kier alpha value is -1.47. The van der Waals surface area contributed by atoms with Crippen LogP contribution in [0, 0.1) is 0 Å². The lowest BCUT2D eigenvalue weighted by Gasteiger charge is -2.09. The Morgan fingerprint density at radius 3 is 2.53 bits per heavy atom. The van der Waals surface area contributed by atoms with E-state index in [1.807, 2.05) is 0 Å². The second-order valence-corrected chi connectivity index (χ2v) is 4.43. The smallest absolute Gasteiger partial charge is 0.312 e. The lowest BCUT2D eigenvalue weighted by molar-refractivity contribution is 0.0827. The van der Waals surface area contributed by atoms with Crippen LogP contribution in [0.4, 0.5) is 0 Å². The van der Waals surface area contributed by atoms with Gasteiger partial charge in [-0.15, -0.1) is 0 Å². The van der Waals surface area contributed by atoms with Crippen molar-refractivity contribution in [2.45, 2.75) is 5.03 Å². The van der Waals surface area contributed by atoms with Crippen LogP contribution >= 0.6 is 0 Å². The van der Waals surface area contributed by atoms with Gasteiger partial charge in [-0.2, -0.15) is 8.42 Å². The first kappa shape index (κ1) is 11.6. The van der Waals surface area contributed by atoms with Crippen LogP contribution in [0.3, 0.4) is 0 Å². The first-order valence-corrected chi connectivity index (χ1v) is 5.41. The van der Waals surface area contributed by atoms with Gasteiger partial charge in [0.2, 0.25) is 0 Å². The molecule has 1 rings (SSSR count). The summed E-state index contributed by atoms with van der Waals surface area (Å²) in [6.07, 6.45) is 1.15. The molecular weight excluding hydrogens is 220 g/mol. The zero-order valence-electron chi connectivity index (χ0n) is 8.21. The summed E-state index contributed by atoms with van der Waals surface area (Å²) in [7, 11) is -1.29. The van der Waals surface area contributed by atoms with Crippen LogP contribution in [0.25, 0.3) is 0 Å². The third kappa shape index (κ3) is 2.74. The summed E-state index contributed by atoms with van der Waals surface area (Å²) in [5.41, 5.74) is 0.155. The molecule has 1 N–H and O–H groups in total. The third-order valence-corrected chi connectivity index (χ3v) is 2.40. The van der Waals surface area contributed by atoms with Gasteiger partial charge in [-0.3, -0.25) is 9.35 Å². The van der Waals surface area contributed by atoms with Crippen LogP contribution in [0.1, 0.15) is 10.4 Å². The molecule has 0 bridgehead atoms. The number of nitrogens with zero attached hydrogens (tertiary/aromatic N) is 2. The molecule has 1 amide bonds. The lowest BCUT2D eigenvalue weighted by Crippen LogP contribution is -2.22. The average Bonchev–Trinajstić information content (AvgIpc) is 2.15. The van der Waals surface area contributed by atoms with E-state index in [0.717, 1.165) is 12.3 Å². The van der Waals surface area contributed by atoms with Gasteiger partial charge in [0, 0.05) is 25.9 Å². The van der Waals surface area contributed by atoms with Gasteiger partial charge in [-0.25, -0.2) is 4.98 Å². The Morgan fingerprint density at radius 1 is 1.47 bits per heavy atom. The molecule has 0 radical (unpaired) electrons. The molecule has 6 nitrogen and oxygen atoms in total. The number of carbonyl (C=O) groups is 1. The summed E-state index contributed by atoms with van der Waals surface area (Å²) in [4.78, 5) is 16.2. The summed E-state index contributed by atoms with van der Waals surface area (Å²) >= 11 is 0. The molecule has 0 unspecified atom stereocenters. The van der Waals surface area contributed by atoms with Crippen LogP contribution < -0.4 is 0 Å². The minimum Gasteiger partial charge on any atom is -0.345 e. The maximum atomic E-state index is 11.4. The first-order chi connectivity index (χ1) is 6.82. The molecule has 0 aliphatic heterocycles. The minimum absolute atomic E-state index is 0.155. The van der Waals surface area contributed by atoms with E-state index in [2.05, 4.69) is 4.98 Å². The molecule has 0 spiro atoms. The fraction of sp³-hybridized carbons (Fsp3) is 0.250. The van der Waals surface area contributed by atoms with Crippen LogP contribution in [-0.4, -0.2) is 42.9 Å². The van der Waals surface area contributed by atoms with Crippen molar-refractivity contribution in [2.75, 3.05) is 14.1 Å². The molecule has 1 heterocycles. The molecule has 1 aromatic rings. The summed E-state index contributed by atoms with van der Waals surface area (Å²) < 4.78 is 30.2. The number of amides is 1. The Bertz CT molecular complexity index is 481.